The number of hydrogen-bond donors (Lipinski definition) is 2. The molecule has 25 heavy (non-hydrogen) atoms. The summed E-state index contributed by atoms with van der Waals surface area (Å²) in [4.78, 5) is 28.8. The Morgan fingerprint density at radius 2 is 1.88 bits per heavy atom. The SMILES string of the molecule is Cc1ccc(-c2nc(NC(=O)C3CCCCC3)sc2CC(=O)O)cc1. The smallest absolute Gasteiger partial charge is 0.308 e. The Balaban J connectivity index is 1.83. The molecule has 0 atom stereocenters. The molecule has 0 radical (unpaired) electrons. The Hall–Kier alpha value is -2.21. The summed E-state index contributed by atoms with van der Waals surface area (Å²) in [6, 6.07) is 7.81. The van der Waals surface area contributed by atoms with E-state index < -0.39 is 5.97 Å². The van der Waals surface area contributed by atoms with Crippen molar-refractivity contribution in [3.8, 4) is 11.3 Å². The summed E-state index contributed by atoms with van der Waals surface area (Å²) in [5.41, 5.74) is 2.65. The number of hydrogen-bond acceptors (Lipinski definition) is 4. The molecule has 2 aromatic rings. The monoisotopic (exact) mass is 358 g/mol. The molecule has 1 amide bonds. The second kappa shape index (κ2) is 7.78. The van der Waals surface area contributed by atoms with Crippen LogP contribution in [0.1, 0.15) is 42.5 Å². The fourth-order valence-electron chi connectivity index (χ4n) is 3.17. The van der Waals surface area contributed by atoms with Gasteiger partial charge in [0.2, 0.25) is 5.91 Å². The highest BCUT2D eigenvalue weighted by atomic mass is 32.1. The molecule has 132 valence electrons. The van der Waals surface area contributed by atoms with Crippen molar-refractivity contribution in [1.29, 1.82) is 0 Å². The molecule has 0 unspecified atom stereocenters. The maximum absolute atomic E-state index is 12.4. The largest absolute Gasteiger partial charge is 0.481 e. The van der Waals surface area contributed by atoms with Crippen LogP contribution in [0.25, 0.3) is 11.3 Å². The minimum absolute atomic E-state index is 0.00535. The first-order chi connectivity index (χ1) is 12.0. The molecule has 1 heterocycles. The van der Waals surface area contributed by atoms with Crippen LogP contribution >= 0.6 is 11.3 Å². The van der Waals surface area contributed by atoms with E-state index in [2.05, 4.69) is 10.3 Å². The molecule has 0 aliphatic heterocycles. The third-order valence-electron chi connectivity index (χ3n) is 4.54. The molecule has 0 spiro atoms. The van der Waals surface area contributed by atoms with Crippen LogP contribution in [0.4, 0.5) is 5.13 Å². The topological polar surface area (TPSA) is 79.3 Å². The maximum Gasteiger partial charge on any atom is 0.308 e. The van der Waals surface area contributed by atoms with Crippen molar-refractivity contribution in [1.82, 2.24) is 4.98 Å². The summed E-state index contributed by atoms with van der Waals surface area (Å²) in [5, 5.41) is 12.6. The van der Waals surface area contributed by atoms with Gasteiger partial charge in [-0.25, -0.2) is 4.98 Å². The Bertz CT molecular complexity index is 761. The zero-order chi connectivity index (χ0) is 17.8. The summed E-state index contributed by atoms with van der Waals surface area (Å²) in [6.07, 6.45) is 5.12. The summed E-state index contributed by atoms with van der Waals surface area (Å²) < 4.78 is 0. The van der Waals surface area contributed by atoms with Crippen molar-refractivity contribution in [3.05, 3.63) is 34.7 Å². The third kappa shape index (κ3) is 4.45. The molecule has 1 aliphatic carbocycles. The Kier molecular flexibility index (Phi) is 5.48. The minimum atomic E-state index is -0.901. The lowest BCUT2D eigenvalue weighted by atomic mass is 9.89. The molecule has 1 aromatic carbocycles. The van der Waals surface area contributed by atoms with E-state index in [4.69, 9.17) is 5.11 Å². The second-order valence-corrected chi connectivity index (χ2v) is 7.64. The van der Waals surface area contributed by atoms with Crippen LogP contribution in [0.2, 0.25) is 0 Å². The van der Waals surface area contributed by atoms with Gasteiger partial charge in [0, 0.05) is 16.4 Å². The average molecular weight is 358 g/mol. The Labute approximate surface area is 151 Å². The number of carboxylic acids is 1. The van der Waals surface area contributed by atoms with Crippen molar-refractivity contribution in [2.75, 3.05) is 5.32 Å². The molecule has 1 saturated carbocycles. The number of nitrogens with one attached hydrogen (secondary N) is 1. The second-order valence-electron chi connectivity index (χ2n) is 6.55. The van der Waals surface area contributed by atoms with Crippen molar-refractivity contribution < 1.29 is 14.7 Å². The van der Waals surface area contributed by atoms with Crippen LogP contribution in [-0.2, 0) is 16.0 Å². The molecule has 0 bridgehead atoms. The van der Waals surface area contributed by atoms with Gasteiger partial charge in [0.25, 0.3) is 0 Å². The standard InChI is InChI=1S/C19H22N2O3S/c1-12-7-9-13(10-8-12)17-15(11-16(22)23)25-19(20-17)21-18(24)14-5-3-2-4-6-14/h7-10,14H,2-6,11H2,1H3,(H,22,23)(H,20,21,24). The maximum atomic E-state index is 12.4. The molecular formula is C19H22N2O3S. The quantitative estimate of drug-likeness (QED) is 0.837. The number of thiazole rings is 1. The van der Waals surface area contributed by atoms with Gasteiger partial charge >= 0.3 is 5.97 Å². The van der Waals surface area contributed by atoms with E-state index in [1.807, 2.05) is 31.2 Å². The highest BCUT2D eigenvalue weighted by Crippen LogP contribution is 2.33. The lowest BCUT2D eigenvalue weighted by Gasteiger charge is -2.19. The molecule has 5 nitrogen and oxygen atoms in total. The van der Waals surface area contributed by atoms with Gasteiger partial charge in [-0.1, -0.05) is 49.1 Å². The number of aryl methyl sites for hydroxylation is 1. The van der Waals surface area contributed by atoms with Gasteiger partial charge in [-0.3, -0.25) is 9.59 Å². The summed E-state index contributed by atoms with van der Waals surface area (Å²) in [5.74, 6) is -0.851. The number of nitrogens with zero attached hydrogens (tertiary/aromatic N) is 1. The number of aliphatic carboxylic acids is 1. The number of benzene rings is 1. The molecular weight excluding hydrogens is 336 g/mol. The number of rotatable bonds is 5. The van der Waals surface area contributed by atoms with Gasteiger partial charge in [0.1, 0.15) is 0 Å². The van der Waals surface area contributed by atoms with Crippen LogP contribution < -0.4 is 5.32 Å². The molecule has 1 fully saturated rings. The number of aromatic nitrogens is 1. The van der Waals surface area contributed by atoms with E-state index in [9.17, 15) is 9.59 Å². The van der Waals surface area contributed by atoms with Gasteiger partial charge in [-0.2, -0.15) is 0 Å². The van der Waals surface area contributed by atoms with Crippen LogP contribution in [0.3, 0.4) is 0 Å². The van der Waals surface area contributed by atoms with Crippen molar-refractivity contribution in [2.45, 2.75) is 45.4 Å². The number of amides is 1. The van der Waals surface area contributed by atoms with E-state index in [1.54, 1.807) is 0 Å². The molecule has 6 heteroatoms. The number of carbonyl (C=O) groups excluding carboxylic acids is 1. The first-order valence-corrected chi connectivity index (χ1v) is 9.44. The van der Waals surface area contributed by atoms with Gasteiger partial charge < -0.3 is 10.4 Å². The average Bonchev–Trinajstić information content (AvgIpc) is 2.98. The van der Waals surface area contributed by atoms with Crippen molar-refractivity contribution in [3.63, 3.8) is 0 Å². The normalized spacial score (nSPS) is 15.1. The number of carbonyl (C=O) groups is 2. The lowest BCUT2D eigenvalue weighted by molar-refractivity contribution is -0.136. The van der Waals surface area contributed by atoms with E-state index in [-0.39, 0.29) is 18.2 Å². The predicted octanol–water partition coefficient (Wildman–Crippen LogP) is 4.26. The van der Waals surface area contributed by atoms with E-state index in [0.29, 0.717) is 15.7 Å². The molecule has 0 saturated heterocycles. The summed E-state index contributed by atoms with van der Waals surface area (Å²) >= 11 is 1.26. The highest BCUT2D eigenvalue weighted by molar-refractivity contribution is 7.16. The van der Waals surface area contributed by atoms with Gasteiger partial charge in [-0.15, -0.1) is 11.3 Å². The first kappa shape index (κ1) is 17.6. The number of carboxylic acid groups (broad SMARTS) is 1. The van der Waals surface area contributed by atoms with Gasteiger partial charge in [0.15, 0.2) is 5.13 Å². The fraction of sp³-hybridized carbons (Fsp3) is 0.421. The minimum Gasteiger partial charge on any atom is -0.481 e. The summed E-state index contributed by atoms with van der Waals surface area (Å²) in [6.45, 7) is 2.00. The zero-order valence-corrected chi connectivity index (χ0v) is 15.1. The Morgan fingerprint density at radius 3 is 2.52 bits per heavy atom. The van der Waals surface area contributed by atoms with E-state index in [1.165, 1.54) is 17.8 Å². The van der Waals surface area contributed by atoms with Gasteiger partial charge in [-0.05, 0) is 19.8 Å². The third-order valence-corrected chi connectivity index (χ3v) is 5.51. The zero-order valence-electron chi connectivity index (χ0n) is 14.2. The number of anilines is 1. The highest BCUT2D eigenvalue weighted by Gasteiger charge is 2.23. The summed E-state index contributed by atoms with van der Waals surface area (Å²) in [7, 11) is 0. The van der Waals surface area contributed by atoms with Crippen molar-refractivity contribution in [2.24, 2.45) is 5.92 Å². The van der Waals surface area contributed by atoms with Crippen LogP contribution in [0.15, 0.2) is 24.3 Å². The lowest BCUT2D eigenvalue weighted by Crippen LogP contribution is -2.24. The molecule has 1 aliphatic rings. The van der Waals surface area contributed by atoms with Crippen LogP contribution in [0, 0.1) is 12.8 Å². The predicted molar refractivity (Wildman–Crippen MR) is 98.8 cm³/mol. The van der Waals surface area contributed by atoms with E-state index >= 15 is 0 Å². The Morgan fingerprint density at radius 1 is 1.20 bits per heavy atom. The molecule has 3 rings (SSSR count). The van der Waals surface area contributed by atoms with Crippen LogP contribution in [0.5, 0.6) is 0 Å². The molecule has 1 aromatic heterocycles. The van der Waals surface area contributed by atoms with Crippen LogP contribution in [-0.4, -0.2) is 22.0 Å². The fourth-order valence-corrected chi connectivity index (χ4v) is 4.15. The first-order valence-electron chi connectivity index (χ1n) is 8.62. The molecule has 2 N–H and O–H groups in total. The van der Waals surface area contributed by atoms with Crippen molar-refractivity contribution >= 4 is 28.3 Å². The van der Waals surface area contributed by atoms with Gasteiger partial charge in [0.05, 0.1) is 12.1 Å². The van der Waals surface area contributed by atoms with E-state index in [0.717, 1.165) is 36.8 Å².